The molecule has 3 aromatic heterocycles. The third-order valence-electron chi connectivity index (χ3n) is 4.71. The van der Waals surface area contributed by atoms with Crippen molar-refractivity contribution in [2.45, 2.75) is 19.8 Å². The lowest BCUT2D eigenvalue weighted by atomic mass is 9.99. The number of aromatic nitrogens is 3. The van der Waals surface area contributed by atoms with E-state index in [1.165, 1.54) is 11.3 Å². The highest BCUT2D eigenvalue weighted by molar-refractivity contribution is 7.18. The molecule has 28 heavy (non-hydrogen) atoms. The zero-order chi connectivity index (χ0) is 19.5. The van der Waals surface area contributed by atoms with E-state index in [1.54, 1.807) is 12.4 Å². The van der Waals surface area contributed by atoms with E-state index in [9.17, 15) is 9.90 Å². The van der Waals surface area contributed by atoms with Crippen LogP contribution in [-0.2, 0) is 4.79 Å². The molecule has 0 aliphatic carbocycles. The molecule has 4 rings (SSSR count). The molecule has 0 saturated carbocycles. The standard InChI is InChI=1S/C20H21N5O2S/c1-13-7-8-21-18(10-13)24-17-6-2-5-15(23-17)16-11-22-20(28-16)25-9-3-4-14(12-25)19(26)27/h2,5-8,10-11,14H,3-4,9,12H2,1H3,(H,26,27)(H,21,23,24). The van der Waals surface area contributed by atoms with Crippen molar-refractivity contribution in [3.63, 3.8) is 0 Å². The molecule has 0 spiro atoms. The van der Waals surface area contributed by atoms with E-state index in [-0.39, 0.29) is 5.92 Å². The Kier molecular flexibility index (Phi) is 5.21. The molecule has 0 amide bonds. The van der Waals surface area contributed by atoms with Gasteiger partial charge in [-0.3, -0.25) is 4.79 Å². The van der Waals surface area contributed by atoms with Gasteiger partial charge in [0.15, 0.2) is 5.13 Å². The molecular weight excluding hydrogens is 374 g/mol. The number of nitrogens with one attached hydrogen (secondary N) is 1. The number of thiazole rings is 1. The fourth-order valence-electron chi connectivity index (χ4n) is 3.26. The summed E-state index contributed by atoms with van der Waals surface area (Å²) >= 11 is 1.54. The second kappa shape index (κ2) is 7.93. The van der Waals surface area contributed by atoms with Crippen LogP contribution < -0.4 is 10.2 Å². The molecule has 3 aromatic rings. The molecule has 1 aliphatic rings. The highest BCUT2D eigenvalue weighted by Crippen LogP contribution is 2.33. The molecule has 0 aromatic carbocycles. The molecule has 0 bridgehead atoms. The molecule has 7 nitrogen and oxygen atoms in total. The van der Waals surface area contributed by atoms with Crippen LogP contribution in [-0.4, -0.2) is 39.1 Å². The van der Waals surface area contributed by atoms with Gasteiger partial charge in [0.05, 0.1) is 16.5 Å². The lowest BCUT2D eigenvalue weighted by Crippen LogP contribution is -2.38. The van der Waals surface area contributed by atoms with Gasteiger partial charge in [0.25, 0.3) is 0 Å². The van der Waals surface area contributed by atoms with Gasteiger partial charge in [-0.05, 0) is 49.6 Å². The number of anilines is 3. The number of aliphatic carboxylic acids is 1. The Bertz CT molecular complexity index is 990. The van der Waals surface area contributed by atoms with E-state index in [0.29, 0.717) is 6.54 Å². The van der Waals surface area contributed by atoms with Gasteiger partial charge in [-0.2, -0.15) is 0 Å². The van der Waals surface area contributed by atoms with Crippen molar-refractivity contribution in [3.8, 4) is 10.6 Å². The zero-order valence-corrected chi connectivity index (χ0v) is 16.3. The van der Waals surface area contributed by atoms with E-state index in [2.05, 4.69) is 25.2 Å². The Labute approximate surface area is 167 Å². The third kappa shape index (κ3) is 4.12. The van der Waals surface area contributed by atoms with E-state index in [1.807, 2.05) is 37.3 Å². The maximum atomic E-state index is 11.3. The van der Waals surface area contributed by atoms with Crippen LogP contribution in [0.3, 0.4) is 0 Å². The summed E-state index contributed by atoms with van der Waals surface area (Å²) in [6.45, 7) is 3.37. The van der Waals surface area contributed by atoms with Crippen LogP contribution in [0.15, 0.2) is 42.7 Å². The fourth-order valence-corrected chi connectivity index (χ4v) is 4.18. The number of hydrogen-bond donors (Lipinski definition) is 2. The maximum Gasteiger partial charge on any atom is 0.308 e. The topological polar surface area (TPSA) is 91.2 Å². The largest absolute Gasteiger partial charge is 0.481 e. The number of piperidine rings is 1. The molecule has 4 heterocycles. The molecule has 1 unspecified atom stereocenters. The lowest BCUT2D eigenvalue weighted by Gasteiger charge is -2.30. The van der Waals surface area contributed by atoms with Crippen LogP contribution in [0.4, 0.5) is 16.8 Å². The molecule has 1 saturated heterocycles. The minimum atomic E-state index is -0.730. The minimum Gasteiger partial charge on any atom is -0.481 e. The van der Waals surface area contributed by atoms with Gasteiger partial charge < -0.3 is 15.3 Å². The van der Waals surface area contributed by atoms with E-state index in [0.717, 1.165) is 52.3 Å². The summed E-state index contributed by atoms with van der Waals surface area (Å²) in [7, 11) is 0. The normalized spacial score (nSPS) is 16.8. The molecular formula is C20H21N5O2S. The molecule has 144 valence electrons. The third-order valence-corrected chi connectivity index (χ3v) is 5.79. The smallest absolute Gasteiger partial charge is 0.308 e. The summed E-state index contributed by atoms with van der Waals surface area (Å²) in [4.78, 5) is 27.8. The molecule has 1 fully saturated rings. The average Bonchev–Trinajstić information content (AvgIpc) is 3.19. The van der Waals surface area contributed by atoms with Crippen molar-refractivity contribution >= 4 is 34.1 Å². The molecule has 0 radical (unpaired) electrons. The minimum absolute atomic E-state index is 0.325. The van der Waals surface area contributed by atoms with Crippen LogP contribution in [0.2, 0.25) is 0 Å². The monoisotopic (exact) mass is 395 g/mol. The first-order valence-electron chi connectivity index (χ1n) is 9.19. The summed E-state index contributed by atoms with van der Waals surface area (Å²) in [5.74, 6) is 0.414. The highest BCUT2D eigenvalue weighted by Gasteiger charge is 2.27. The number of nitrogens with zero attached hydrogens (tertiary/aromatic N) is 4. The Morgan fingerprint density at radius 2 is 2.18 bits per heavy atom. The lowest BCUT2D eigenvalue weighted by molar-refractivity contribution is -0.141. The number of carboxylic acid groups (broad SMARTS) is 1. The van der Waals surface area contributed by atoms with Gasteiger partial charge in [0, 0.05) is 25.5 Å². The fraction of sp³-hybridized carbons (Fsp3) is 0.300. The predicted octanol–water partition coefficient (Wildman–Crippen LogP) is 3.95. The van der Waals surface area contributed by atoms with Crippen LogP contribution in [0.5, 0.6) is 0 Å². The first kappa shape index (κ1) is 18.4. The van der Waals surface area contributed by atoms with Crippen molar-refractivity contribution in [3.05, 3.63) is 48.3 Å². The van der Waals surface area contributed by atoms with Crippen LogP contribution in [0.25, 0.3) is 10.6 Å². The number of carbonyl (C=O) groups is 1. The van der Waals surface area contributed by atoms with Crippen molar-refractivity contribution in [2.75, 3.05) is 23.3 Å². The zero-order valence-electron chi connectivity index (χ0n) is 15.5. The van der Waals surface area contributed by atoms with Crippen molar-refractivity contribution in [2.24, 2.45) is 5.92 Å². The Morgan fingerprint density at radius 3 is 3.00 bits per heavy atom. The molecule has 1 aliphatic heterocycles. The van der Waals surface area contributed by atoms with E-state index >= 15 is 0 Å². The van der Waals surface area contributed by atoms with Gasteiger partial charge in [-0.15, -0.1) is 0 Å². The first-order chi connectivity index (χ1) is 13.6. The van der Waals surface area contributed by atoms with Gasteiger partial charge in [0.2, 0.25) is 0 Å². The van der Waals surface area contributed by atoms with Crippen LogP contribution in [0.1, 0.15) is 18.4 Å². The summed E-state index contributed by atoms with van der Waals surface area (Å²) in [6, 6.07) is 9.71. The maximum absolute atomic E-state index is 11.3. The van der Waals surface area contributed by atoms with E-state index in [4.69, 9.17) is 0 Å². The Balaban J connectivity index is 1.51. The van der Waals surface area contributed by atoms with Gasteiger partial charge in [-0.1, -0.05) is 17.4 Å². The summed E-state index contributed by atoms with van der Waals surface area (Å²) in [5, 5.41) is 13.4. The predicted molar refractivity (Wildman–Crippen MR) is 110 cm³/mol. The summed E-state index contributed by atoms with van der Waals surface area (Å²) in [6.07, 6.45) is 5.17. The molecule has 1 atom stereocenters. The van der Waals surface area contributed by atoms with E-state index < -0.39 is 5.97 Å². The molecule has 8 heteroatoms. The van der Waals surface area contributed by atoms with Gasteiger partial charge in [0.1, 0.15) is 11.6 Å². The summed E-state index contributed by atoms with van der Waals surface area (Å²) < 4.78 is 0. The number of pyridine rings is 2. The number of rotatable bonds is 5. The number of aryl methyl sites for hydroxylation is 1. The van der Waals surface area contributed by atoms with Crippen LogP contribution in [0, 0.1) is 12.8 Å². The second-order valence-electron chi connectivity index (χ2n) is 6.88. The highest BCUT2D eigenvalue weighted by atomic mass is 32.1. The molecule has 2 N–H and O–H groups in total. The van der Waals surface area contributed by atoms with Crippen molar-refractivity contribution in [1.82, 2.24) is 15.0 Å². The van der Waals surface area contributed by atoms with Gasteiger partial charge >= 0.3 is 5.97 Å². The Morgan fingerprint density at radius 1 is 1.29 bits per heavy atom. The second-order valence-corrected chi connectivity index (χ2v) is 7.89. The van der Waals surface area contributed by atoms with Gasteiger partial charge in [-0.25, -0.2) is 15.0 Å². The average molecular weight is 395 g/mol. The number of hydrogen-bond acceptors (Lipinski definition) is 7. The summed E-state index contributed by atoms with van der Waals surface area (Å²) in [5.41, 5.74) is 1.95. The van der Waals surface area contributed by atoms with Crippen molar-refractivity contribution in [1.29, 1.82) is 0 Å². The first-order valence-corrected chi connectivity index (χ1v) is 10.0. The SMILES string of the molecule is Cc1ccnc(Nc2cccc(-c3cnc(N4CCCC(C(=O)O)C4)s3)n2)c1. The quantitative estimate of drug-likeness (QED) is 0.676. The van der Waals surface area contributed by atoms with Crippen molar-refractivity contribution < 1.29 is 9.90 Å². The Hall–Kier alpha value is -3.00. The number of carboxylic acids is 1. The van der Waals surface area contributed by atoms with Crippen LogP contribution >= 0.6 is 11.3 Å².